The zero-order valence-electron chi connectivity index (χ0n) is 6.20. The van der Waals surface area contributed by atoms with Gasteiger partial charge in [-0.1, -0.05) is 0 Å². The second kappa shape index (κ2) is 1.82. The summed E-state index contributed by atoms with van der Waals surface area (Å²) in [6.07, 6.45) is 1.67. The number of alkyl halides is 2. The first kappa shape index (κ1) is 7.19. The third kappa shape index (κ3) is 0.898. The maximum Gasteiger partial charge on any atom is 0.250 e. The molecule has 2 aliphatic rings. The van der Waals surface area contributed by atoms with Gasteiger partial charge in [-0.15, -0.1) is 0 Å². The Labute approximate surface area is 63.8 Å². The van der Waals surface area contributed by atoms with E-state index in [4.69, 9.17) is 0 Å². The van der Waals surface area contributed by atoms with Gasteiger partial charge >= 0.3 is 0 Å². The highest BCUT2D eigenvalue weighted by Gasteiger charge is 2.61. The summed E-state index contributed by atoms with van der Waals surface area (Å²) in [4.78, 5) is 11.1. The lowest BCUT2D eigenvalue weighted by atomic mass is 9.64. The molecule has 1 spiro atoms. The van der Waals surface area contributed by atoms with Gasteiger partial charge in [-0.25, -0.2) is 8.78 Å². The van der Waals surface area contributed by atoms with Gasteiger partial charge in [0.25, 0.3) is 0 Å². The van der Waals surface area contributed by atoms with E-state index in [1.54, 1.807) is 0 Å². The van der Waals surface area contributed by atoms with Crippen LogP contribution in [0.4, 0.5) is 8.78 Å². The van der Waals surface area contributed by atoms with Crippen LogP contribution in [0.2, 0.25) is 0 Å². The topological polar surface area (TPSA) is 17.1 Å². The first-order chi connectivity index (χ1) is 5.04. The third-order valence-corrected chi connectivity index (χ3v) is 2.84. The molecule has 2 aliphatic carbocycles. The molecule has 2 saturated carbocycles. The molecule has 3 heteroatoms. The second-order valence-corrected chi connectivity index (χ2v) is 3.77. The van der Waals surface area contributed by atoms with Gasteiger partial charge in [-0.05, 0) is 12.8 Å². The number of ketones is 1. The first-order valence-electron chi connectivity index (χ1n) is 3.95. The highest BCUT2D eigenvalue weighted by atomic mass is 19.3. The van der Waals surface area contributed by atoms with Crippen LogP contribution < -0.4 is 0 Å². The van der Waals surface area contributed by atoms with Crippen molar-refractivity contribution in [3.8, 4) is 0 Å². The minimum atomic E-state index is -2.54. The van der Waals surface area contributed by atoms with Crippen molar-refractivity contribution in [2.45, 2.75) is 38.0 Å². The van der Waals surface area contributed by atoms with E-state index in [-0.39, 0.29) is 18.6 Å². The van der Waals surface area contributed by atoms with E-state index in [0.29, 0.717) is 12.8 Å². The van der Waals surface area contributed by atoms with Crippen LogP contribution in [-0.2, 0) is 4.79 Å². The molecular weight excluding hydrogens is 150 g/mol. The smallest absolute Gasteiger partial charge is 0.250 e. The molecule has 0 atom stereocenters. The molecule has 2 rings (SSSR count). The third-order valence-electron chi connectivity index (χ3n) is 2.84. The van der Waals surface area contributed by atoms with Crippen molar-refractivity contribution >= 4 is 5.78 Å². The van der Waals surface area contributed by atoms with Crippen LogP contribution in [0, 0.1) is 5.41 Å². The van der Waals surface area contributed by atoms with Gasteiger partial charge in [0, 0.05) is 24.7 Å². The number of halogens is 2. The fourth-order valence-corrected chi connectivity index (χ4v) is 2.30. The minimum absolute atomic E-state index is 0.0726. The number of hydrogen-bond acceptors (Lipinski definition) is 1. The Kier molecular flexibility index (Phi) is 1.19. The fourth-order valence-electron chi connectivity index (χ4n) is 2.30. The Bertz CT molecular complexity index is 202. The first-order valence-corrected chi connectivity index (χ1v) is 3.95. The lowest BCUT2D eigenvalue weighted by molar-refractivity contribution is -0.172. The average molecular weight is 160 g/mol. The predicted molar refractivity (Wildman–Crippen MR) is 35.5 cm³/mol. The molecule has 0 aromatic rings. The zero-order chi connectivity index (χ0) is 8.11. The van der Waals surface area contributed by atoms with Crippen LogP contribution in [0.15, 0.2) is 0 Å². The van der Waals surface area contributed by atoms with E-state index in [1.165, 1.54) is 0 Å². The SMILES string of the molecule is O=C1CCCC12CC(F)(F)C2. The van der Waals surface area contributed by atoms with E-state index >= 15 is 0 Å². The van der Waals surface area contributed by atoms with Gasteiger partial charge in [-0.2, -0.15) is 0 Å². The second-order valence-electron chi connectivity index (χ2n) is 3.77. The van der Waals surface area contributed by atoms with E-state index in [0.717, 1.165) is 6.42 Å². The molecular formula is C8H10F2O. The van der Waals surface area contributed by atoms with Crippen LogP contribution >= 0.6 is 0 Å². The summed E-state index contributed by atoms with van der Waals surface area (Å²) >= 11 is 0. The maximum absolute atomic E-state index is 12.5. The van der Waals surface area contributed by atoms with Crippen molar-refractivity contribution in [3.63, 3.8) is 0 Å². The summed E-state index contributed by atoms with van der Waals surface area (Å²) < 4.78 is 24.9. The number of carbonyl (C=O) groups is 1. The van der Waals surface area contributed by atoms with Crippen LogP contribution in [0.3, 0.4) is 0 Å². The van der Waals surface area contributed by atoms with Crippen molar-refractivity contribution < 1.29 is 13.6 Å². The minimum Gasteiger partial charge on any atom is -0.299 e. The van der Waals surface area contributed by atoms with Crippen LogP contribution in [0.1, 0.15) is 32.1 Å². The highest BCUT2D eigenvalue weighted by Crippen LogP contribution is 2.58. The Balaban J connectivity index is 2.11. The largest absolute Gasteiger partial charge is 0.299 e. The van der Waals surface area contributed by atoms with Gasteiger partial charge in [0.1, 0.15) is 5.78 Å². The van der Waals surface area contributed by atoms with Crippen molar-refractivity contribution in [1.82, 2.24) is 0 Å². The lowest BCUT2D eigenvalue weighted by Gasteiger charge is -2.43. The molecule has 0 aromatic heterocycles. The van der Waals surface area contributed by atoms with E-state index in [2.05, 4.69) is 0 Å². The normalized spacial score (nSPS) is 32.4. The fraction of sp³-hybridized carbons (Fsp3) is 0.875. The zero-order valence-corrected chi connectivity index (χ0v) is 6.20. The summed E-state index contributed by atoms with van der Waals surface area (Å²) in [6, 6.07) is 0. The molecule has 62 valence electrons. The molecule has 0 N–H and O–H groups in total. The molecule has 0 saturated heterocycles. The van der Waals surface area contributed by atoms with Crippen molar-refractivity contribution in [2.75, 3.05) is 0 Å². The molecule has 0 radical (unpaired) electrons. The lowest BCUT2D eigenvalue weighted by Crippen LogP contribution is -2.48. The maximum atomic E-state index is 12.5. The number of hydrogen-bond donors (Lipinski definition) is 0. The Morgan fingerprint density at radius 1 is 1.27 bits per heavy atom. The van der Waals surface area contributed by atoms with Crippen molar-refractivity contribution in [2.24, 2.45) is 5.41 Å². The Hall–Kier alpha value is -0.470. The molecule has 11 heavy (non-hydrogen) atoms. The van der Waals surface area contributed by atoms with Gasteiger partial charge in [0.15, 0.2) is 0 Å². The van der Waals surface area contributed by atoms with Crippen LogP contribution in [-0.4, -0.2) is 11.7 Å². The molecule has 0 bridgehead atoms. The monoisotopic (exact) mass is 160 g/mol. The van der Waals surface area contributed by atoms with Gasteiger partial charge in [0.2, 0.25) is 5.92 Å². The van der Waals surface area contributed by atoms with Crippen LogP contribution in [0.5, 0.6) is 0 Å². The van der Waals surface area contributed by atoms with E-state index in [9.17, 15) is 13.6 Å². The Morgan fingerprint density at radius 2 is 1.91 bits per heavy atom. The van der Waals surface area contributed by atoms with Gasteiger partial charge in [0.05, 0.1) is 0 Å². The van der Waals surface area contributed by atoms with Crippen molar-refractivity contribution in [1.29, 1.82) is 0 Å². The summed E-state index contributed by atoms with van der Waals surface area (Å²) in [5.74, 6) is -2.47. The highest BCUT2D eigenvalue weighted by molar-refractivity contribution is 5.88. The average Bonchev–Trinajstić information content (AvgIpc) is 2.10. The molecule has 0 unspecified atom stereocenters. The molecule has 0 aromatic carbocycles. The number of Topliss-reactive ketones (excluding diaryl/α,β-unsaturated/α-hetero) is 1. The molecule has 0 amide bonds. The number of rotatable bonds is 0. The Morgan fingerprint density at radius 3 is 2.27 bits per heavy atom. The summed E-state index contributed by atoms with van der Waals surface area (Å²) in [5.41, 5.74) is -0.580. The summed E-state index contributed by atoms with van der Waals surface area (Å²) in [5, 5.41) is 0. The standard InChI is InChI=1S/C8H10F2O/c9-8(10)4-7(5-8)3-1-2-6(7)11/h1-5H2. The van der Waals surface area contributed by atoms with Crippen molar-refractivity contribution in [3.05, 3.63) is 0 Å². The van der Waals surface area contributed by atoms with E-state index in [1.807, 2.05) is 0 Å². The van der Waals surface area contributed by atoms with E-state index < -0.39 is 11.3 Å². The molecule has 1 nitrogen and oxygen atoms in total. The summed E-state index contributed by atoms with van der Waals surface area (Å²) in [7, 11) is 0. The van der Waals surface area contributed by atoms with Crippen LogP contribution in [0.25, 0.3) is 0 Å². The van der Waals surface area contributed by atoms with Gasteiger partial charge in [-0.3, -0.25) is 4.79 Å². The molecule has 0 aliphatic heterocycles. The molecule has 2 fully saturated rings. The van der Waals surface area contributed by atoms with Gasteiger partial charge < -0.3 is 0 Å². The predicted octanol–water partition coefficient (Wildman–Crippen LogP) is 2.15. The summed E-state index contributed by atoms with van der Waals surface area (Å²) in [6.45, 7) is 0. The quantitative estimate of drug-likeness (QED) is 0.530. The molecule has 0 heterocycles. The number of carbonyl (C=O) groups excluding carboxylic acids is 1.